The highest BCUT2D eigenvalue weighted by atomic mass is 16.1. The molecule has 2 heterocycles. The van der Waals surface area contributed by atoms with Crippen LogP contribution in [0.4, 0.5) is 0 Å². The van der Waals surface area contributed by atoms with Gasteiger partial charge in [-0.1, -0.05) is 60.2 Å². The molecule has 1 atom stereocenters. The second-order valence-corrected chi connectivity index (χ2v) is 7.86. The summed E-state index contributed by atoms with van der Waals surface area (Å²) in [5.41, 5.74) is 9.10. The van der Waals surface area contributed by atoms with E-state index in [1.54, 1.807) is 0 Å². The Morgan fingerprint density at radius 2 is 1.83 bits per heavy atom. The maximum Gasteiger partial charge on any atom is 0.220 e. The quantitative estimate of drug-likeness (QED) is 0.653. The summed E-state index contributed by atoms with van der Waals surface area (Å²) >= 11 is 0. The second kappa shape index (κ2) is 8.53. The number of carbonyl (C=O) groups is 1. The van der Waals surface area contributed by atoms with Crippen molar-refractivity contribution in [1.29, 1.82) is 0 Å². The summed E-state index contributed by atoms with van der Waals surface area (Å²) in [4.78, 5) is 13.0. The lowest BCUT2D eigenvalue weighted by atomic mass is 9.93. The zero-order valence-corrected chi connectivity index (χ0v) is 16.7. The fourth-order valence-electron chi connectivity index (χ4n) is 4.18. The lowest BCUT2D eigenvalue weighted by Gasteiger charge is -2.33. The number of benzene rings is 2. The Morgan fingerprint density at radius 3 is 2.48 bits per heavy atom. The maximum absolute atomic E-state index is 11.6. The van der Waals surface area contributed by atoms with Crippen LogP contribution in [0.1, 0.15) is 41.4 Å². The zero-order chi connectivity index (χ0) is 20.2. The Morgan fingerprint density at radius 1 is 1.14 bits per heavy atom. The van der Waals surface area contributed by atoms with Gasteiger partial charge in [-0.2, -0.15) is 0 Å². The van der Waals surface area contributed by atoms with E-state index in [0.29, 0.717) is 6.54 Å². The fraction of sp³-hybridized carbons (Fsp3) is 0.364. The summed E-state index contributed by atoms with van der Waals surface area (Å²) in [6.45, 7) is 4.45. The van der Waals surface area contributed by atoms with Gasteiger partial charge in [0, 0.05) is 24.3 Å². The van der Waals surface area contributed by atoms with Gasteiger partial charge in [0.1, 0.15) is 0 Å². The molecule has 0 unspecified atom stereocenters. The number of likely N-dealkylation sites (tertiary alicyclic amines) is 1. The number of rotatable bonds is 6. The van der Waals surface area contributed by atoms with Gasteiger partial charge in [0.05, 0.1) is 19.6 Å². The molecule has 1 saturated heterocycles. The van der Waals surface area contributed by atoms with E-state index in [-0.39, 0.29) is 17.9 Å². The molecule has 7 heteroatoms. The molecule has 7 nitrogen and oxygen atoms in total. The van der Waals surface area contributed by atoms with Crippen molar-refractivity contribution < 1.29 is 9.69 Å². The van der Waals surface area contributed by atoms with Crippen LogP contribution in [0, 0.1) is 12.8 Å². The van der Waals surface area contributed by atoms with Crippen molar-refractivity contribution in [1.82, 2.24) is 20.2 Å². The molecule has 4 rings (SSSR count). The lowest BCUT2D eigenvalue weighted by Crippen LogP contribution is -3.13. The molecule has 2 aromatic carbocycles. The molecule has 1 aliphatic heterocycles. The van der Waals surface area contributed by atoms with Gasteiger partial charge in [-0.15, -0.1) is 5.10 Å². The minimum absolute atomic E-state index is 0.0168. The lowest BCUT2D eigenvalue weighted by molar-refractivity contribution is -0.931. The summed E-state index contributed by atoms with van der Waals surface area (Å²) in [5.74, 6) is 0.632. The molecule has 3 N–H and O–H groups in total. The maximum atomic E-state index is 11.6. The monoisotopic (exact) mass is 391 g/mol. The largest absolute Gasteiger partial charge is 0.369 e. The van der Waals surface area contributed by atoms with E-state index in [0.717, 1.165) is 37.3 Å². The number of aromatic nitrogens is 4. The van der Waals surface area contributed by atoms with E-state index in [9.17, 15) is 4.79 Å². The van der Waals surface area contributed by atoms with E-state index < -0.39 is 0 Å². The fourth-order valence-corrected chi connectivity index (χ4v) is 4.18. The van der Waals surface area contributed by atoms with Crippen LogP contribution in [0.15, 0.2) is 54.6 Å². The van der Waals surface area contributed by atoms with Gasteiger partial charge in [0.15, 0.2) is 6.04 Å². The van der Waals surface area contributed by atoms with Crippen LogP contribution in [0.25, 0.3) is 0 Å². The van der Waals surface area contributed by atoms with E-state index >= 15 is 0 Å². The van der Waals surface area contributed by atoms with Crippen molar-refractivity contribution >= 4 is 5.91 Å². The molecule has 0 saturated carbocycles. The molecule has 150 valence electrons. The summed E-state index contributed by atoms with van der Waals surface area (Å²) in [6.07, 6.45) is 1.60. The number of hydrogen-bond acceptors (Lipinski definition) is 4. The number of nitrogens with one attached hydrogen (secondary N) is 1. The van der Waals surface area contributed by atoms with E-state index in [1.165, 1.54) is 16.0 Å². The first-order valence-electron chi connectivity index (χ1n) is 10.1. The molecular weight excluding hydrogens is 364 g/mol. The predicted octanol–water partition coefficient (Wildman–Crippen LogP) is 0.899. The standard InChI is InChI=1S/C22H26N6O/c1-16-7-9-18(10-8-16)20(27-13-11-19(12-14-27)21(23)29)22-24-25-26-28(22)15-17-5-3-2-4-6-17/h2-10,19-20H,11-15H2,1H3,(H2,23,29)/p+1/t20-/m0/s1. The van der Waals surface area contributed by atoms with Crippen LogP contribution in [-0.2, 0) is 11.3 Å². The number of hydrogen-bond donors (Lipinski definition) is 2. The first-order chi connectivity index (χ1) is 14.1. The van der Waals surface area contributed by atoms with E-state index in [4.69, 9.17) is 5.73 Å². The Kier molecular flexibility index (Phi) is 5.67. The average molecular weight is 391 g/mol. The molecule has 0 radical (unpaired) electrons. The van der Waals surface area contributed by atoms with E-state index in [2.05, 4.69) is 58.8 Å². The molecule has 1 fully saturated rings. The first kappa shape index (κ1) is 19.3. The summed E-state index contributed by atoms with van der Waals surface area (Å²) in [6, 6.07) is 18.8. The van der Waals surface area contributed by atoms with Crippen molar-refractivity contribution in [2.75, 3.05) is 13.1 Å². The summed E-state index contributed by atoms with van der Waals surface area (Å²) < 4.78 is 1.90. The molecule has 1 aliphatic rings. The minimum Gasteiger partial charge on any atom is -0.369 e. The highest BCUT2D eigenvalue weighted by molar-refractivity contribution is 5.76. The smallest absolute Gasteiger partial charge is 0.220 e. The molecule has 3 aromatic rings. The number of primary amides is 1. The highest BCUT2D eigenvalue weighted by Gasteiger charge is 2.35. The van der Waals surface area contributed by atoms with Gasteiger partial charge in [-0.3, -0.25) is 4.79 Å². The SMILES string of the molecule is Cc1ccc([C@@H](c2nnnn2Cc2ccccc2)[NH+]2CCC(C(N)=O)CC2)cc1. The van der Waals surface area contributed by atoms with Crippen LogP contribution in [0.3, 0.4) is 0 Å². The van der Waals surface area contributed by atoms with Gasteiger partial charge in [-0.25, -0.2) is 4.68 Å². The molecule has 1 aromatic heterocycles. The Bertz CT molecular complexity index is 945. The summed E-state index contributed by atoms with van der Waals surface area (Å²) in [7, 11) is 0. The number of aryl methyl sites for hydroxylation is 1. The van der Waals surface area contributed by atoms with Gasteiger partial charge >= 0.3 is 0 Å². The van der Waals surface area contributed by atoms with E-state index in [1.807, 2.05) is 22.9 Å². The Labute approximate surface area is 170 Å². The number of quaternary nitrogens is 1. The van der Waals surface area contributed by atoms with Crippen molar-refractivity contribution in [3.05, 3.63) is 77.1 Å². The minimum atomic E-state index is -0.190. The van der Waals surface area contributed by atoms with Crippen LogP contribution >= 0.6 is 0 Å². The molecule has 0 bridgehead atoms. The predicted molar refractivity (Wildman–Crippen MR) is 109 cm³/mol. The van der Waals surface area contributed by atoms with Gasteiger partial charge < -0.3 is 10.6 Å². The van der Waals surface area contributed by atoms with Crippen LogP contribution in [0.5, 0.6) is 0 Å². The number of amides is 1. The van der Waals surface area contributed by atoms with Crippen LogP contribution in [0.2, 0.25) is 0 Å². The number of tetrazole rings is 1. The Balaban J connectivity index is 1.66. The van der Waals surface area contributed by atoms with Crippen LogP contribution < -0.4 is 10.6 Å². The van der Waals surface area contributed by atoms with Crippen LogP contribution in [-0.4, -0.2) is 39.2 Å². The van der Waals surface area contributed by atoms with Gasteiger partial charge in [0.25, 0.3) is 0 Å². The van der Waals surface area contributed by atoms with Gasteiger partial charge in [-0.05, 0) is 22.9 Å². The van der Waals surface area contributed by atoms with Crippen molar-refractivity contribution in [2.45, 2.75) is 32.4 Å². The first-order valence-corrected chi connectivity index (χ1v) is 10.1. The van der Waals surface area contributed by atoms with Crippen molar-refractivity contribution in [2.24, 2.45) is 11.7 Å². The zero-order valence-electron chi connectivity index (χ0n) is 16.7. The Hall–Kier alpha value is -3.06. The molecule has 0 aliphatic carbocycles. The molecule has 0 spiro atoms. The third-order valence-electron chi connectivity index (χ3n) is 5.84. The number of piperidine rings is 1. The second-order valence-electron chi connectivity index (χ2n) is 7.86. The average Bonchev–Trinajstić information content (AvgIpc) is 3.18. The third kappa shape index (κ3) is 4.35. The molecule has 29 heavy (non-hydrogen) atoms. The van der Waals surface area contributed by atoms with Gasteiger partial charge in [0.2, 0.25) is 11.7 Å². The highest BCUT2D eigenvalue weighted by Crippen LogP contribution is 2.20. The third-order valence-corrected chi connectivity index (χ3v) is 5.84. The summed E-state index contributed by atoms with van der Waals surface area (Å²) in [5, 5.41) is 12.7. The van der Waals surface area contributed by atoms with Crippen molar-refractivity contribution in [3.8, 4) is 0 Å². The normalized spacial score (nSPS) is 20.3. The number of nitrogens with two attached hydrogens (primary N) is 1. The number of nitrogens with zero attached hydrogens (tertiary/aromatic N) is 4. The molecular formula is C22H27N6O+. The molecule has 1 amide bonds. The topological polar surface area (TPSA) is 91.1 Å². The number of carbonyl (C=O) groups excluding carboxylic acids is 1. The van der Waals surface area contributed by atoms with Crippen molar-refractivity contribution in [3.63, 3.8) is 0 Å².